The maximum atomic E-state index is 13.3. The van der Waals surface area contributed by atoms with E-state index in [-0.39, 0.29) is 29.6 Å². The normalized spacial score (nSPS) is 33.3. The number of aliphatic hydroxyl groups is 2. The maximum Gasteiger partial charge on any atom is 0.341 e. The van der Waals surface area contributed by atoms with Crippen LogP contribution in [0.15, 0.2) is 22.8 Å². The number of carbonyl (C=O) groups excluding carboxylic acids is 6. The first-order chi connectivity index (χ1) is 22.0. The van der Waals surface area contributed by atoms with E-state index in [0.29, 0.717) is 32.1 Å². The van der Waals surface area contributed by atoms with Gasteiger partial charge in [-0.25, -0.2) is 9.59 Å². The minimum atomic E-state index is -2.60. The van der Waals surface area contributed by atoms with Crippen molar-refractivity contribution in [2.75, 3.05) is 0 Å². The molecule has 13 heteroatoms. The van der Waals surface area contributed by atoms with Crippen molar-refractivity contribution in [1.29, 1.82) is 0 Å². The Labute approximate surface area is 275 Å². The molecule has 1 saturated heterocycles. The van der Waals surface area contributed by atoms with Crippen LogP contribution in [-0.4, -0.2) is 87.6 Å². The summed E-state index contributed by atoms with van der Waals surface area (Å²) >= 11 is 0. The fourth-order valence-corrected chi connectivity index (χ4v) is 6.88. The Kier molecular flexibility index (Phi) is 12.2. The summed E-state index contributed by atoms with van der Waals surface area (Å²) in [5.41, 5.74) is -6.29. The van der Waals surface area contributed by atoms with Crippen LogP contribution in [0.1, 0.15) is 106 Å². The van der Waals surface area contributed by atoms with Gasteiger partial charge in [0.15, 0.2) is 29.5 Å². The second-order valence-electron chi connectivity index (χ2n) is 13.0. The van der Waals surface area contributed by atoms with Crippen LogP contribution in [0.3, 0.4) is 0 Å². The van der Waals surface area contributed by atoms with E-state index in [9.17, 15) is 39.0 Å². The minimum absolute atomic E-state index is 0.00809. The Bertz CT molecular complexity index is 1310. The van der Waals surface area contributed by atoms with Crippen molar-refractivity contribution >= 4 is 36.1 Å². The summed E-state index contributed by atoms with van der Waals surface area (Å²) in [6, 6.07) is 0. The van der Waals surface area contributed by atoms with Gasteiger partial charge in [-0.2, -0.15) is 0 Å². The average Bonchev–Trinajstić information content (AvgIpc) is 3.32. The van der Waals surface area contributed by atoms with Gasteiger partial charge in [-0.1, -0.05) is 25.8 Å². The van der Waals surface area contributed by atoms with Crippen LogP contribution in [-0.2, 0) is 52.5 Å². The van der Waals surface area contributed by atoms with Crippen molar-refractivity contribution in [1.82, 2.24) is 0 Å². The van der Waals surface area contributed by atoms with E-state index in [1.54, 1.807) is 20.8 Å². The fraction of sp³-hybridized carbons (Fsp3) is 0.706. The third-order valence-corrected chi connectivity index (χ3v) is 9.48. The molecule has 47 heavy (non-hydrogen) atoms. The number of hydrogen-bond acceptors (Lipinski definition) is 13. The first-order valence-electron chi connectivity index (χ1n) is 16.2. The van der Waals surface area contributed by atoms with E-state index in [2.05, 4.69) is 0 Å². The second kappa shape index (κ2) is 15.1. The van der Waals surface area contributed by atoms with Gasteiger partial charge in [0.05, 0.1) is 5.92 Å². The molecule has 3 aliphatic rings. The molecule has 0 amide bonds. The van der Waals surface area contributed by atoms with Crippen LogP contribution in [0, 0.1) is 5.92 Å². The van der Waals surface area contributed by atoms with Gasteiger partial charge in [0, 0.05) is 38.2 Å². The summed E-state index contributed by atoms with van der Waals surface area (Å²) in [5, 5.41) is 23.8. The molecule has 2 fully saturated rings. The zero-order chi connectivity index (χ0) is 35.3. The van der Waals surface area contributed by atoms with Crippen molar-refractivity contribution in [3.05, 3.63) is 22.8 Å². The molecule has 0 unspecified atom stereocenters. The highest BCUT2D eigenvalue weighted by molar-refractivity contribution is 5.88. The predicted octanol–water partition coefficient (Wildman–Crippen LogP) is 3.11. The van der Waals surface area contributed by atoms with Gasteiger partial charge in [0.2, 0.25) is 0 Å². The summed E-state index contributed by atoms with van der Waals surface area (Å²) in [5.74, 6) is -5.22. The zero-order valence-electron chi connectivity index (χ0n) is 28.3. The van der Waals surface area contributed by atoms with E-state index >= 15 is 0 Å². The number of hydrogen-bond donors (Lipinski definition) is 2. The lowest BCUT2D eigenvalue weighted by atomic mass is 9.75. The molecule has 262 valence electrons. The lowest BCUT2D eigenvalue weighted by molar-refractivity contribution is -0.212. The van der Waals surface area contributed by atoms with Gasteiger partial charge in [0.25, 0.3) is 0 Å². The molecule has 0 aromatic carbocycles. The Morgan fingerprint density at radius 1 is 0.979 bits per heavy atom. The molecule has 13 nitrogen and oxygen atoms in total. The molecular weight excluding hydrogens is 616 g/mol. The standard InChI is InChI=1S/C34H48O13/c1-8-15-23(37)43-22-18-32(6,47-21(5)36)26-25(29-34(22,42)33(7,41)31(40)46-29)20(4)27(45-30(39)19(3)9-2)28(26)44-24(38)16-13-11-10-12-14-17-35/h9,17,22,26-29,41-42H,8,10-16,18H2,1-7H3/b19-9-/t22-,26+,27-,28-,29-,32-,33+,34+/m0/s1. The molecule has 1 saturated carbocycles. The molecule has 0 radical (unpaired) electrons. The number of unbranched alkanes of at least 4 members (excludes halogenated alkanes) is 4. The summed E-state index contributed by atoms with van der Waals surface area (Å²) in [7, 11) is 0. The lowest BCUT2D eigenvalue weighted by Gasteiger charge is -2.41. The second-order valence-corrected chi connectivity index (χ2v) is 13.0. The number of aldehydes is 1. The lowest BCUT2D eigenvalue weighted by Crippen LogP contribution is -2.64. The van der Waals surface area contributed by atoms with Gasteiger partial charge >= 0.3 is 29.8 Å². The Hall–Kier alpha value is -3.58. The molecule has 0 aromatic rings. The van der Waals surface area contributed by atoms with E-state index in [0.717, 1.165) is 26.6 Å². The SMILES string of the molecule is C/C=C(/C)C(=O)O[C@H]1C(C)=C2[C@H]([C@@H]1OC(=O)CCCCCCC=O)[C@@](C)(OC(C)=O)C[C@H](OC(=O)CCC)[C@@]1(O)[C@H]2OC(=O)[C@@]1(C)O. The smallest absolute Gasteiger partial charge is 0.341 e. The molecule has 1 heterocycles. The summed E-state index contributed by atoms with van der Waals surface area (Å²) in [6.07, 6.45) is -0.638. The average molecular weight is 665 g/mol. The molecule has 1 aliphatic heterocycles. The first-order valence-corrected chi connectivity index (χ1v) is 16.2. The molecule has 2 aliphatic carbocycles. The molecule has 0 spiro atoms. The van der Waals surface area contributed by atoms with Crippen LogP contribution in [0.5, 0.6) is 0 Å². The molecule has 0 bridgehead atoms. The topological polar surface area (TPSA) is 189 Å². The molecule has 2 N–H and O–H groups in total. The Morgan fingerprint density at radius 2 is 1.62 bits per heavy atom. The van der Waals surface area contributed by atoms with Gasteiger partial charge in [-0.15, -0.1) is 0 Å². The van der Waals surface area contributed by atoms with Crippen LogP contribution in [0.2, 0.25) is 0 Å². The molecule has 0 aromatic heterocycles. The number of allylic oxidation sites excluding steroid dienone is 1. The quantitative estimate of drug-likeness (QED) is 0.0689. The van der Waals surface area contributed by atoms with E-state index in [1.165, 1.54) is 19.9 Å². The molecule has 3 rings (SSSR count). The summed E-state index contributed by atoms with van der Waals surface area (Å²) in [6.45, 7) is 10.2. The van der Waals surface area contributed by atoms with Crippen molar-refractivity contribution in [3.63, 3.8) is 0 Å². The van der Waals surface area contributed by atoms with E-state index < -0.39 is 83.4 Å². The Morgan fingerprint density at radius 3 is 2.21 bits per heavy atom. The van der Waals surface area contributed by atoms with Crippen LogP contribution >= 0.6 is 0 Å². The number of rotatable bonds is 14. The summed E-state index contributed by atoms with van der Waals surface area (Å²) in [4.78, 5) is 75.7. The van der Waals surface area contributed by atoms with Gasteiger partial charge in [0.1, 0.15) is 18.0 Å². The zero-order valence-corrected chi connectivity index (χ0v) is 28.3. The minimum Gasteiger partial charge on any atom is -0.459 e. The van der Waals surface area contributed by atoms with Crippen molar-refractivity contribution in [2.45, 2.75) is 147 Å². The van der Waals surface area contributed by atoms with Gasteiger partial charge in [-0.3, -0.25) is 14.4 Å². The van der Waals surface area contributed by atoms with Crippen LogP contribution in [0.25, 0.3) is 0 Å². The largest absolute Gasteiger partial charge is 0.459 e. The highest BCUT2D eigenvalue weighted by Gasteiger charge is 2.76. The third kappa shape index (κ3) is 7.45. The monoisotopic (exact) mass is 664 g/mol. The molecule has 8 atom stereocenters. The number of esters is 5. The Balaban J connectivity index is 2.19. The van der Waals surface area contributed by atoms with Gasteiger partial charge in [-0.05, 0) is 65.0 Å². The number of ether oxygens (including phenoxy) is 5. The molecular formula is C34H48O13. The van der Waals surface area contributed by atoms with Crippen molar-refractivity contribution < 1.29 is 62.7 Å². The number of fused-ring (bicyclic) bond motifs is 3. The fourth-order valence-electron chi connectivity index (χ4n) is 6.88. The number of carbonyl (C=O) groups is 6. The third-order valence-electron chi connectivity index (χ3n) is 9.48. The van der Waals surface area contributed by atoms with Crippen LogP contribution < -0.4 is 0 Å². The maximum absolute atomic E-state index is 13.3. The van der Waals surface area contributed by atoms with E-state index in [4.69, 9.17) is 23.7 Å². The van der Waals surface area contributed by atoms with E-state index in [1.807, 2.05) is 0 Å². The van der Waals surface area contributed by atoms with Crippen molar-refractivity contribution in [3.8, 4) is 0 Å². The van der Waals surface area contributed by atoms with Crippen LogP contribution in [0.4, 0.5) is 0 Å². The highest BCUT2D eigenvalue weighted by Crippen LogP contribution is 2.57. The van der Waals surface area contributed by atoms with Gasteiger partial charge < -0.3 is 38.7 Å². The van der Waals surface area contributed by atoms with Crippen molar-refractivity contribution in [2.24, 2.45) is 5.92 Å². The predicted molar refractivity (Wildman–Crippen MR) is 164 cm³/mol. The summed E-state index contributed by atoms with van der Waals surface area (Å²) < 4.78 is 29.2. The first kappa shape index (κ1) is 37.9. The highest BCUT2D eigenvalue weighted by atomic mass is 16.6.